The van der Waals surface area contributed by atoms with Crippen molar-refractivity contribution in [3.8, 4) is 0 Å². The first-order valence-electron chi connectivity index (χ1n) is 6.49. The summed E-state index contributed by atoms with van der Waals surface area (Å²) in [7, 11) is 0. The van der Waals surface area contributed by atoms with E-state index in [1.165, 1.54) is 44.9 Å². The summed E-state index contributed by atoms with van der Waals surface area (Å²) in [4.78, 5) is 0. The molecule has 15 heavy (non-hydrogen) atoms. The van der Waals surface area contributed by atoms with Gasteiger partial charge in [0.15, 0.2) is 0 Å². The highest BCUT2D eigenvalue weighted by Crippen LogP contribution is 2.30. The first-order valence-corrected chi connectivity index (χ1v) is 6.49. The zero-order chi connectivity index (χ0) is 10.7. The maximum absolute atomic E-state index is 2.39. The van der Waals surface area contributed by atoms with Crippen molar-refractivity contribution in [3.63, 3.8) is 0 Å². The van der Waals surface area contributed by atoms with Gasteiger partial charge in [-0.05, 0) is 54.4 Å². The zero-order valence-electron chi connectivity index (χ0n) is 10.1. The molecule has 2 rings (SSSR count). The maximum atomic E-state index is 2.39. The van der Waals surface area contributed by atoms with Crippen molar-refractivity contribution in [2.75, 3.05) is 0 Å². The Morgan fingerprint density at radius 3 is 1.73 bits per heavy atom. The first-order chi connectivity index (χ1) is 7.36. The minimum atomic E-state index is 1.27. The Kier molecular flexibility index (Phi) is 3.45. The van der Waals surface area contributed by atoms with Gasteiger partial charge in [-0.3, -0.25) is 0 Å². The monoisotopic (exact) mass is 202 g/mol. The number of hydrogen-bond acceptors (Lipinski definition) is 0. The molecule has 0 N–H and O–H groups in total. The Morgan fingerprint density at radius 2 is 1.33 bits per heavy atom. The quantitative estimate of drug-likeness (QED) is 0.690. The fourth-order valence-corrected chi connectivity index (χ4v) is 2.86. The Morgan fingerprint density at radius 1 is 0.867 bits per heavy atom. The second-order valence-corrected chi connectivity index (χ2v) is 4.69. The van der Waals surface area contributed by atoms with Gasteiger partial charge in [0.2, 0.25) is 0 Å². The summed E-state index contributed by atoms with van der Waals surface area (Å²) in [6.07, 6.45) is 9.15. The van der Waals surface area contributed by atoms with Gasteiger partial charge in [-0.2, -0.15) is 0 Å². The fourth-order valence-electron chi connectivity index (χ4n) is 2.86. The summed E-state index contributed by atoms with van der Waals surface area (Å²) >= 11 is 0. The molecule has 0 bridgehead atoms. The summed E-state index contributed by atoms with van der Waals surface area (Å²) in [5, 5.41) is 0. The molecule has 1 aromatic carbocycles. The molecule has 1 aromatic rings. The molecular weight excluding hydrogens is 180 g/mol. The molecule has 0 aliphatic heterocycles. The predicted molar refractivity (Wildman–Crippen MR) is 66.5 cm³/mol. The van der Waals surface area contributed by atoms with Gasteiger partial charge in [0, 0.05) is 0 Å². The number of benzene rings is 1. The average molecular weight is 202 g/mol. The van der Waals surface area contributed by atoms with Crippen LogP contribution in [0.25, 0.3) is 0 Å². The second kappa shape index (κ2) is 4.83. The molecule has 1 aliphatic rings. The van der Waals surface area contributed by atoms with Gasteiger partial charge in [-0.25, -0.2) is 0 Å². The second-order valence-electron chi connectivity index (χ2n) is 4.69. The SMILES string of the molecule is CCCc1ccc(CCC)c2c1CCC2. The number of fused-ring (bicyclic) bond motifs is 1. The van der Waals surface area contributed by atoms with E-state index in [0.29, 0.717) is 0 Å². The van der Waals surface area contributed by atoms with Crippen LogP contribution in [0.2, 0.25) is 0 Å². The lowest BCUT2D eigenvalue weighted by Crippen LogP contribution is -1.98. The highest BCUT2D eigenvalue weighted by molar-refractivity contribution is 5.44. The third-order valence-corrected chi connectivity index (χ3v) is 3.52. The van der Waals surface area contributed by atoms with Gasteiger partial charge < -0.3 is 0 Å². The summed E-state index contributed by atoms with van der Waals surface area (Å²) in [6, 6.07) is 4.78. The van der Waals surface area contributed by atoms with E-state index in [9.17, 15) is 0 Å². The lowest BCUT2D eigenvalue weighted by Gasteiger charge is -2.12. The van der Waals surface area contributed by atoms with E-state index >= 15 is 0 Å². The average Bonchev–Trinajstić information content (AvgIpc) is 2.71. The van der Waals surface area contributed by atoms with Gasteiger partial charge in [0.05, 0.1) is 0 Å². The third kappa shape index (κ3) is 2.09. The number of aryl methyl sites for hydroxylation is 2. The van der Waals surface area contributed by atoms with Crippen molar-refractivity contribution in [2.45, 2.75) is 58.8 Å². The van der Waals surface area contributed by atoms with Crippen molar-refractivity contribution < 1.29 is 0 Å². The van der Waals surface area contributed by atoms with Gasteiger partial charge in [-0.15, -0.1) is 0 Å². The van der Waals surface area contributed by atoms with E-state index in [-0.39, 0.29) is 0 Å². The van der Waals surface area contributed by atoms with Crippen molar-refractivity contribution in [1.29, 1.82) is 0 Å². The minimum absolute atomic E-state index is 1.27. The van der Waals surface area contributed by atoms with Crippen LogP contribution >= 0.6 is 0 Å². The molecule has 0 heteroatoms. The lowest BCUT2D eigenvalue weighted by atomic mass is 9.94. The van der Waals surface area contributed by atoms with Crippen molar-refractivity contribution in [2.24, 2.45) is 0 Å². The number of hydrogen-bond donors (Lipinski definition) is 0. The molecule has 0 spiro atoms. The van der Waals surface area contributed by atoms with Crippen LogP contribution in [0.5, 0.6) is 0 Å². The maximum Gasteiger partial charge on any atom is -0.0270 e. The largest absolute Gasteiger partial charge is 0.0651 e. The molecular formula is C15H22. The third-order valence-electron chi connectivity index (χ3n) is 3.52. The standard InChI is InChI=1S/C15H22/c1-3-6-12-10-11-13(7-4-2)15-9-5-8-14(12)15/h10-11H,3-9H2,1-2H3. The Balaban J connectivity index is 2.35. The zero-order valence-corrected chi connectivity index (χ0v) is 10.1. The predicted octanol–water partition coefficient (Wildman–Crippen LogP) is 4.08. The molecule has 0 heterocycles. The van der Waals surface area contributed by atoms with Crippen LogP contribution in [0.4, 0.5) is 0 Å². The highest BCUT2D eigenvalue weighted by atomic mass is 14.2. The lowest BCUT2D eigenvalue weighted by molar-refractivity contribution is 0.878. The van der Waals surface area contributed by atoms with E-state index in [0.717, 1.165) is 0 Å². The molecule has 0 nitrogen and oxygen atoms in total. The van der Waals surface area contributed by atoms with Crippen LogP contribution in [0, 0.1) is 0 Å². The van der Waals surface area contributed by atoms with Gasteiger partial charge in [-0.1, -0.05) is 38.8 Å². The van der Waals surface area contributed by atoms with E-state index < -0.39 is 0 Å². The first kappa shape index (κ1) is 10.7. The summed E-state index contributed by atoms with van der Waals surface area (Å²) in [6.45, 7) is 4.56. The van der Waals surface area contributed by atoms with E-state index in [4.69, 9.17) is 0 Å². The van der Waals surface area contributed by atoms with Crippen molar-refractivity contribution in [1.82, 2.24) is 0 Å². The molecule has 0 atom stereocenters. The summed E-state index contributed by atoms with van der Waals surface area (Å²) < 4.78 is 0. The van der Waals surface area contributed by atoms with E-state index in [1.54, 1.807) is 22.3 Å². The van der Waals surface area contributed by atoms with Crippen molar-refractivity contribution >= 4 is 0 Å². The van der Waals surface area contributed by atoms with Crippen LogP contribution in [0.15, 0.2) is 12.1 Å². The van der Waals surface area contributed by atoms with Gasteiger partial charge in [0.1, 0.15) is 0 Å². The minimum Gasteiger partial charge on any atom is -0.0651 e. The molecule has 1 aliphatic carbocycles. The van der Waals surface area contributed by atoms with Crippen molar-refractivity contribution in [3.05, 3.63) is 34.4 Å². The molecule has 0 unspecified atom stereocenters. The normalized spacial score (nSPS) is 14.3. The van der Waals surface area contributed by atoms with E-state index in [2.05, 4.69) is 26.0 Å². The molecule has 0 radical (unpaired) electrons. The summed E-state index contributed by atoms with van der Waals surface area (Å²) in [5.41, 5.74) is 6.68. The van der Waals surface area contributed by atoms with Crippen LogP contribution in [-0.2, 0) is 25.7 Å². The molecule has 0 saturated carbocycles. The van der Waals surface area contributed by atoms with Crippen LogP contribution in [0.3, 0.4) is 0 Å². The Bertz CT molecular complexity index is 303. The van der Waals surface area contributed by atoms with Gasteiger partial charge >= 0.3 is 0 Å². The molecule has 0 saturated heterocycles. The smallest absolute Gasteiger partial charge is 0.0270 e. The Hall–Kier alpha value is -0.780. The highest BCUT2D eigenvalue weighted by Gasteiger charge is 2.17. The van der Waals surface area contributed by atoms with Crippen LogP contribution in [0.1, 0.15) is 55.4 Å². The molecule has 82 valence electrons. The molecule has 0 amide bonds. The van der Waals surface area contributed by atoms with E-state index in [1.807, 2.05) is 0 Å². The van der Waals surface area contributed by atoms with Crippen LogP contribution < -0.4 is 0 Å². The van der Waals surface area contributed by atoms with Crippen LogP contribution in [-0.4, -0.2) is 0 Å². The molecule has 0 aromatic heterocycles. The van der Waals surface area contributed by atoms with Gasteiger partial charge in [0.25, 0.3) is 0 Å². The fraction of sp³-hybridized carbons (Fsp3) is 0.600. The summed E-state index contributed by atoms with van der Waals surface area (Å²) in [5.74, 6) is 0. The molecule has 0 fully saturated rings. The topological polar surface area (TPSA) is 0 Å². The number of rotatable bonds is 4. The Labute approximate surface area is 93.7 Å².